The van der Waals surface area contributed by atoms with Gasteiger partial charge in [0.2, 0.25) is 5.91 Å². The van der Waals surface area contributed by atoms with E-state index < -0.39 is 0 Å². The van der Waals surface area contributed by atoms with Crippen LogP contribution in [0, 0.1) is 11.3 Å². The molecule has 21 heavy (non-hydrogen) atoms. The first kappa shape index (κ1) is 15.3. The summed E-state index contributed by atoms with van der Waals surface area (Å²) >= 11 is 0. The fourth-order valence-electron chi connectivity index (χ4n) is 4.96. The van der Waals surface area contributed by atoms with Crippen molar-refractivity contribution in [2.24, 2.45) is 11.3 Å². The van der Waals surface area contributed by atoms with E-state index in [0.29, 0.717) is 23.4 Å². The molecule has 3 rings (SSSR count). The molecule has 2 saturated carbocycles. The maximum Gasteiger partial charge on any atom is 0.226 e. The number of carbonyl (C=O) groups excluding carboxylic acids is 1. The van der Waals surface area contributed by atoms with Gasteiger partial charge in [-0.1, -0.05) is 26.7 Å². The predicted octanol–water partition coefficient (Wildman–Crippen LogP) is 3.38. The SMILES string of the molecule is CC(C)CC1(C(=O)NC2CCNC3(CCC3)C2)CCCC1. The number of nitrogens with one attached hydrogen (secondary N) is 2. The number of amides is 1. The molecular weight excluding hydrogens is 260 g/mol. The second kappa shape index (κ2) is 5.91. The average Bonchev–Trinajstić information content (AvgIpc) is 2.86. The maximum atomic E-state index is 13.0. The molecule has 3 nitrogen and oxygen atoms in total. The Bertz CT molecular complexity index is 381. The van der Waals surface area contributed by atoms with Crippen LogP contribution >= 0.6 is 0 Å². The van der Waals surface area contributed by atoms with Gasteiger partial charge in [-0.05, 0) is 63.8 Å². The molecule has 0 bridgehead atoms. The van der Waals surface area contributed by atoms with Crippen LogP contribution in [0.15, 0.2) is 0 Å². The largest absolute Gasteiger partial charge is 0.353 e. The molecule has 1 saturated heterocycles. The van der Waals surface area contributed by atoms with Gasteiger partial charge in [-0.2, -0.15) is 0 Å². The molecule has 1 atom stereocenters. The van der Waals surface area contributed by atoms with Gasteiger partial charge in [-0.25, -0.2) is 0 Å². The van der Waals surface area contributed by atoms with E-state index in [1.807, 2.05) is 0 Å². The van der Waals surface area contributed by atoms with Gasteiger partial charge in [0.15, 0.2) is 0 Å². The van der Waals surface area contributed by atoms with Crippen LogP contribution in [0.25, 0.3) is 0 Å². The number of hydrogen-bond acceptors (Lipinski definition) is 2. The van der Waals surface area contributed by atoms with Gasteiger partial charge in [-0.15, -0.1) is 0 Å². The zero-order valence-electron chi connectivity index (χ0n) is 13.8. The molecule has 3 fully saturated rings. The molecule has 1 unspecified atom stereocenters. The molecule has 1 aliphatic heterocycles. The Hall–Kier alpha value is -0.570. The van der Waals surface area contributed by atoms with Crippen molar-refractivity contribution in [3.05, 3.63) is 0 Å². The summed E-state index contributed by atoms with van der Waals surface area (Å²) in [4.78, 5) is 13.0. The minimum atomic E-state index is -0.0498. The Balaban J connectivity index is 1.61. The summed E-state index contributed by atoms with van der Waals surface area (Å²) < 4.78 is 0. The van der Waals surface area contributed by atoms with Crippen LogP contribution in [0.4, 0.5) is 0 Å². The third-order valence-corrected chi connectivity index (χ3v) is 6.12. The summed E-state index contributed by atoms with van der Waals surface area (Å²) in [5, 5.41) is 7.15. The van der Waals surface area contributed by atoms with Gasteiger partial charge in [-0.3, -0.25) is 4.79 Å². The van der Waals surface area contributed by atoms with Crippen molar-refractivity contribution in [2.75, 3.05) is 6.54 Å². The lowest BCUT2D eigenvalue weighted by Crippen LogP contribution is -2.60. The first-order valence-electron chi connectivity index (χ1n) is 9.10. The second-order valence-electron chi connectivity index (χ2n) is 8.31. The lowest BCUT2D eigenvalue weighted by atomic mass is 9.70. The third-order valence-electron chi connectivity index (χ3n) is 6.12. The van der Waals surface area contributed by atoms with Crippen LogP contribution in [0.1, 0.15) is 78.1 Å². The van der Waals surface area contributed by atoms with E-state index in [1.54, 1.807) is 0 Å². The monoisotopic (exact) mass is 292 g/mol. The molecule has 120 valence electrons. The van der Waals surface area contributed by atoms with Crippen molar-refractivity contribution in [1.29, 1.82) is 0 Å². The zero-order chi connectivity index (χ0) is 14.9. The number of carbonyl (C=O) groups is 1. The third kappa shape index (κ3) is 3.13. The Labute approximate surface area is 129 Å². The average molecular weight is 292 g/mol. The van der Waals surface area contributed by atoms with E-state index in [4.69, 9.17) is 0 Å². The van der Waals surface area contributed by atoms with Gasteiger partial charge in [0.1, 0.15) is 0 Å². The van der Waals surface area contributed by atoms with E-state index in [2.05, 4.69) is 24.5 Å². The second-order valence-corrected chi connectivity index (χ2v) is 8.31. The normalized spacial score (nSPS) is 30.3. The van der Waals surface area contributed by atoms with Crippen LogP contribution in [-0.2, 0) is 4.79 Å². The highest BCUT2D eigenvalue weighted by Crippen LogP contribution is 2.44. The van der Waals surface area contributed by atoms with Crippen molar-refractivity contribution < 1.29 is 4.79 Å². The summed E-state index contributed by atoms with van der Waals surface area (Å²) in [6, 6.07) is 0.406. The molecule has 1 amide bonds. The van der Waals surface area contributed by atoms with Crippen LogP contribution < -0.4 is 10.6 Å². The molecule has 2 N–H and O–H groups in total. The van der Waals surface area contributed by atoms with Crippen molar-refractivity contribution in [1.82, 2.24) is 10.6 Å². The standard InChI is InChI=1S/C18H32N2O/c1-14(2)12-17(7-3-4-8-17)16(21)20-15-6-11-19-18(13-15)9-5-10-18/h14-15,19H,3-13H2,1-2H3,(H,20,21). The first-order valence-corrected chi connectivity index (χ1v) is 9.10. The topological polar surface area (TPSA) is 41.1 Å². The van der Waals surface area contributed by atoms with Gasteiger partial charge >= 0.3 is 0 Å². The maximum absolute atomic E-state index is 13.0. The Morgan fingerprint density at radius 3 is 2.48 bits per heavy atom. The fourth-order valence-corrected chi connectivity index (χ4v) is 4.96. The minimum absolute atomic E-state index is 0.0498. The van der Waals surface area contributed by atoms with Crippen LogP contribution in [-0.4, -0.2) is 24.0 Å². The van der Waals surface area contributed by atoms with Crippen LogP contribution in [0.2, 0.25) is 0 Å². The number of hydrogen-bond donors (Lipinski definition) is 2. The summed E-state index contributed by atoms with van der Waals surface area (Å²) in [6.45, 7) is 5.57. The van der Waals surface area contributed by atoms with Crippen LogP contribution in [0.5, 0.6) is 0 Å². The van der Waals surface area contributed by atoms with Crippen LogP contribution in [0.3, 0.4) is 0 Å². The first-order chi connectivity index (χ1) is 10.0. The summed E-state index contributed by atoms with van der Waals surface area (Å²) in [6.07, 6.45) is 11.9. The Morgan fingerprint density at radius 1 is 1.19 bits per heavy atom. The van der Waals surface area contributed by atoms with E-state index in [-0.39, 0.29) is 5.41 Å². The van der Waals surface area contributed by atoms with Crippen molar-refractivity contribution in [3.8, 4) is 0 Å². The molecule has 0 radical (unpaired) electrons. The molecule has 1 spiro atoms. The van der Waals surface area contributed by atoms with E-state index in [0.717, 1.165) is 38.6 Å². The molecule has 0 aromatic heterocycles. The minimum Gasteiger partial charge on any atom is -0.353 e. The predicted molar refractivity (Wildman–Crippen MR) is 86.1 cm³/mol. The van der Waals surface area contributed by atoms with Gasteiger partial charge in [0.25, 0.3) is 0 Å². The fraction of sp³-hybridized carbons (Fsp3) is 0.944. The van der Waals surface area contributed by atoms with Gasteiger partial charge in [0, 0.05) is 17.0 Å². The highest BCUT2D eigenvalue weighted by atomic mass is 16.2. The van der Waals surface area contributed by atoms with Crippen molar-refractivity contribution in [3.63, 3.8) is 0 Å². The summed E-state index contributed by atoms with van der Waals surface area (Å²) in [5.41, 5.74) is 0.322. The van der Waals surface area contributed by atoms with E-state index in [1.165, 1.54) is 32.1 Å². The van der Waals surface area contributed by atoms with E-state index in [9.17, 15) is 4.79 Å². The molecule has 3 heteroatoms. The summed E-state index contributed by atoms with van der Waals surface area (Å²) in [5.74, 6) is 0.981. The molecule has 0 aromatic carbocycles. The Kier molecular flexibility index (Phi) is 4.31. The smallest absolute Gasteiger partial charge is 0.226 e. The quantitative estimate of drug-likeness (QED) is 0.834. The van der Waals surface area contributed by atoms with Crippen molar-refractivity contribution >= 4 is 5.91 Å². The summed E-state index contributed by atoms with van der Waals surface area (Å²) in [7, 11) is 0. The van der Waals surface area contributed by atoms with Gasteiger partial charge < -0.3 is 10.6 Å². The Morgan fingerprint density at radius 2 is 1.90 bits per heavy atom. The number of piperidine rings is 1. The highest BCUT2D eigenvalue weighted by Gasteiger charge is 2.45. The van der Waals surface area contributed by atoms with Crippen molar-refractivity contribution in [2.45, 2.75) is 89.6 Å². The molecular formula is C18H32N2O. The molecule has 1 heterocycles. The van der Waals surface area contributed by atoms with Gasteiger partial charge in [0.05, 0.1) is 0 Å². The number of rotatable bonds is 4. The lowest BCUT2D eigenvalue weighted by Gasteiger charge is -2.49. The highest BCUT2D eigenvalue weighted by molar-refractivity contribution is 5.83. The zero-order valence-corrected chi connectivity index (χ0v) is 13.8. The molecule has 0 aromatic rings. The molecule has 3 aliphatic rings. The lowest BCUT2D eigenvalue weighted by molar-refractivity contribution is -0.133. The molecule has 2 aliphatic carbocycles. The van der Waals surface area contributed by atoms with E-state index >= 15 is 0 Å².